The SMILES string of the molecule is CCC(C)[C@H](NC(=O)[C@H](C(C)C)[C@@H](O)[C@H](O)[C@H](CC1CCCCC1)NC(=O)C1CCCCC1)C(=O)NCc1ccccn1. The van der Waals surface area contributed by atoms with Gasteiger partial charge in [0.05, 0.1) is 30.3 Å². The van der Waals surface area contributed by atoms with E-state index in [4.69, 9.17) is 0 Å². The molecule has 1 unspecified atom stereocenters. The van der Waals surface area contributed by atoms with Gasteiger partial charge < -0.3 is 26.2 Å². The van der Waals surface area contributed by atoms with Gasteiger partial charge in [0, 0.05) is 12.1 Å². The fraction of sp³-hybridized carbons (Fsp3) is 0.765. The average molecular weight is 601 g/mol. The van der Waals surface area contributed by atoms with Crippen LogP contribution in [0.5, 0.6) is 0 Å². The Labute approximate surface area is 258 Å². The third-order valence-electron chi connectivity index (χ3n) is 9.73. The molecule has 5 N–H and O–H groups in total. The Balaban J connectivity index is 1.74. The number of hydrogen-bond acceptors (Lipinski definition) is 6. The van der Waals surface area contributed by atoms with Crippen LogP contribution in [0.1, 0.15) is 110 Å². The van der Waals surface area contributed by atoms with Crippen LogP contribution in [0.4, 0.5) is 0 Å². The molecule has 0 aliphatic heterocycles. The van der Waals surface area contributed by atoms with Crippen LogP contribution in [0.15, 0.2) is 24.4 Å². The van der Waals surface area contributed by atoms with E-state index in [0.29, 0.717) is 24.5 Å². The average Bonchev–Trinajstić information content (AvgIpc) is 3.02. The first kappa shape index (κ1) is 35.0. The summed E-state index contributed by atoms with van der Waals surface area (Å²) in [4.78, 5) is 44.5. The third-order valence-corrected chi connectivity index (χ3v) is 9.73. The molecule has 9 nitrogen and oxygen atoms in total. The molecule has 43 heavy (non-hydrogen) atoms. The molecule has 0 spiro atoms. The summed E-state index contributed by atoms with van der Waals surface area (Å²) in [7, 11) is 0. The van der Waals surface area contributed by atoms with Crippen LogP contribution < -0.4 is 16.0 Å². The first-order valence-electron chi connectivity index (χ1n) is 16.8. The van der Waals surface area contributed by atoms with E-state index in [-0.39, 0.29) is 36.1 Å². The minimum absolute atomic E-state index is 0.0567. The Kier molecular flexibility index (Phi) is 14.4. The van der Waals surface area contributed by atoms with Crippen molar-refractivity contribution < 1.29 is 24.6 Å². The summed E-state index contributed by atoms with van der Waals surface area (Å²) in [6.07, 6.45) is 10.6. The van der Waals surface area contributed by atoms with Crippen molar-refractivity contribution >= 4 is 17.7 Å². The van der Waals surface area contributed by atoms with Crippen LogP contribution in [-0.2, 0) is 20.9 Å². The zero-order valence-corrected chi connectivity index (χ0v) is 26.8. The highest BCUT2D eigenvalue weighted by molar-refractivity contribution is 5.89. The second-order valence-electron chi connectivity index (χ2n) is 13.4. The van der Waals surface area contributed by atoms with Crippen LogP contribution in [0.3, 0.4) is 0 Å². The van der Waals surface area contributed by atoms with Gasteiger partial charge in [0.15, 0.2) is 0 Å². The highest BCUT2D eigenvalue weighted by Gasteiger charge is 2.41. The van der Waals surface area contributed by atoms with Gasteiger partial charge in [-0.1, -0.05) is 91.5 Å². The van der Waals surface area contributed by atoms with E-state index in [0.717, 1.165) is 57.8 Å². The van der Waals surface area contributed by atoms with Crippen molar-refractivity contribution in [2.24, 2.45) is 29.6 Å². The van der Waals surface area contributed by atoms with Crippen LogP contribution in [-0.4, -0.2) is 57.2 Å². The largest absolute Gasteiger partial charge is 0.390 e. The third kappa shape index (κ3) is 10.6. The molecular weight excluding hydrogens is 544 g/mol. The fourth-order valence-electron chi connectivity index (χ4n) is 6.78. The summed E-state index contributed by atoms with van der Waals surface area (Å²) < 4.78 is 0. The molecule has 0 aromatic carbocycles. The molecular formula is C34H56N4O5. The van der Waals surface area contributed by atoms with Gasteiger partial charge in [-0.2, -0.15) is 0 Å². The van der Waals surface area contributed by atoms with Crippen molar-refractivity contribution in [3.05, 3.63) is 30.1 Å². The van der Waals surface area contributed by atoms with Crippen LogP contribution in [0.25, 0.3) is 0 Å². The highest BCUT2D eigenvalue weighted by atomic mass is 16.3. The number of carbonyl (C=O) groups excluding carboxylic acids is 3. The van der Waals surface area contributed by atoms with Gasteiger partial charge >= 0.3 is 0 Å². The van der Waals surface area contributed by atoms with Crippen molar-refractivity contribution in [2.75, 3.05) is 0 Å². The summed E-state index contributed by atoms with van der Waals surface area (Å²) in [5, 5.41) is 32.1. The van der Waals surface area contributed by atoms with E-state index in [2.05, 4.69) is 20.9 Å². The summed E-state index contributed by atoms with van der Waals surface area (Å²) in [6, 6.07) is 4.02. The fourth-order valence-corrected chi connectivity index (χ4v) is 6.78. The van der Waals surface area contributed by atoms with Crippen molar-refractivity contribution in [3.63, 3.8) is 0 Å². The Bertz CT molecular complexity index is 994. The maximum atomic E-state index is 13.8. The molecule has 0 radical (unpaired) electrons. The summed E-state index contributed by atoms with van der Waals surface area (Å²) >= 11 is 0. The maximum Gasteiger partial charge on any atom is 0.243 e. The molecule has 2 fully saturated rings. The van der Waals surface area contributed by atoms with Crippen molar-refractivity contribution in [1.29, 1.82) is 0 Å². The number of carbonyl (C=O) groups is 3. The number of hydrogen-bond donors (Lipinski definition) is 5. The van der Waals surface area contributed by atoms with Gasteiger partial charge in [0.25, 0.3) is 0 Å². The number of rotatable bonds is 15. The number of aromatic nitrogens is 1. The number of aliphatic hydroxyl groups excluding tert-OH is 2. The van der Waals surface area contributed by atoms with Gasteiger partial charge in [-0.25, -0.2) is 0 Å². The van der Waals surface area contributed by atoms with E-state index in [1.165, 1.54) is 6.42 Å². The minimum atomic E-state index is -1.41. The summed E-state index contributed by atoms with van der Waals surface area (Å²) in [6.45, 7) is 7.76. The van der Waals surface area contributed by atoms with E-state index >= 15 is 0 Å². The molecule has 1 aromatic rings. The number of nitrogens with one attached hydrogen (secondary N) is 3. The first-order valence-corrected chi connectivity index (χ1v) is 16.8. The highest BCUT2D eigenvalue weighted by Crippen LogP contribution is 2.31. The first-order chi connectivity index (χ1) is 20.6. The summed E-state index contributed by atoms with van der Waals surface area (Å²) in [5.41, 5.74) is 0.711. The van der Waals surface area contributed by atoms with Gasteiger partial charge in [0.2, 0.25) is 17.7 Å². The molecule has 2 aliphatic rings. The van der Waals surface area contributed by atoms with Crippen LogP contribution >= 0.6 is 0 Å². The monoisotopic (exact) mass is 600 g/mol. The molecule has 3 rings (SSSR count). The predicted molar refractivity (Wildman–Crippen MR) is 168 cm³/mol. The molecule has 3 amide bonds. The summed E-state index contributed by atoms with van der Waals surface area (Å²) in [5.74, 6) is -2.01. The Morgan fingerprint density at radius 3 is 2.12 bits per heavy atom. The lowest BCUT2D eigenvalue weighted by atomic mass is 9.79. The number of aliphatic hydroxyl groups is 2. The number of amides is 3. The lowest BCUT2D eigenvalue weighted by molar-refractivity contribution is -0.141. The molecule has 6 atom stereocenters. The second-order valence-corrected chi connectivity index (χ2v) is 13.4. The molecule has 2 saturated carbocycles. The smallest absolute Gasteiger partial charge is 0.243 e. The van der Waals surface area contributed by atoms with E-state index in [9.17, 15) is 24.6 Å². The predicted octanol–water partition coefficient (Wildman–Crippen LogP) is 4.26. The molecule has 9 heteroatoms. The van der Waals surface area contributed by atoms with E-state index in [1.807, 2.05) is 39.8 Å². The topological polar surface area (TPSA) is 141 Å². The Morgan fingerprint density at radius 2 is 1.53 bits per heavy atom. The quantitative estimate of drug-likeness (QED) is 0.204. The number of nitrogens with zero attached hydrogens (tertiary/aromatic N) is 1. The van der Waals surface area contributed by atoms with Crippen LogP contribution in [0.2, 0.25) is 0 Å². The van der Waals surface area contributed by atoms with Gasteiger partial charge in [-0.15, -0.1) is 0 Å². The number of pyridine rings is 1. The molecule has 1 heterocycles. The molecule has 1 aromatic heterocycles. The maximum absolute atomic E-state index is 13.8. The zero-order chi connectivity index (χ0) is 31.4. The Hall–Kier alpha value is -2.52. The van der Waals surface area contributed by atoms with Crippen molar-refractivity contribution in [3.8, 4) is 0 Å². The van der Waals surface area contributed by atoms with E-state index in [1.54, 1.807) is 12.3 Å². The zero-order valence-electron chi connectivity index (χ0n) is 26.8. The molecule has 0 saturated heterocycles. The van der Waals surface area contributed by atoms with Gasteiger partial charge in [-0.3, -0.25) is 19.4 Å². The lowest BCUT2D eigenvalue weighted by Crippen LogP contribution is -2.58. The van der Waals surface area contributed by atoms with E-state index < -0.39 is 36.1 Å². The van der Waals surface area contributed by atoms with Gasteiger partial charge in [-0.05, 0) is 49.1 Å². The van der Waals surface area contributed by atoms with Crippen molar-refractivity contribution in [1.82, 2.24) is 20.9 Å². The van der Waals surface area contributed by atoms with Crippen molar-refractivity contribution in [2.45, 2.75) is 136 Å². The van der Waals surface area contributed by atoms with Gasteiger partial charge in [0.1, 0.15) is 12.1 Å². The lowest BCUT2D eigenvalue weighted by Gasteiger charge is -2.37. The molecule has 0 bridgehead atoms. The molecule has 242 valence electrons. The molecule has 2 aliphatic carbocycles. The van der Waals surface area contributed by atoms with Crippen LogP contribution in [0, 0.1) is 29.6 Å². The standard InChI is InChI=1S/C34H56N4O5/c1-5-23(4)29(34(43)36-21-26-18-12-13-19-35-26)38-33(42)28(22(2)3)31(40)30(39)27(20-24-14-8-6-9-15-24)37-32(41)25-16-10-7-11-17-25/h12-13,18-19,22-25,27-31,39-40H,5-11,14-17,20-21H2,1-4H3,(H,36,43)(H,37,41)(H,38,42)/t23?,27-,28+,29-,30+,31+/m0/s1. The normalized spacial score (nSPS) is 20.8. The second kappa shape index (κ2) is 17.7. The minimum Gasteiger partial charge on any atom is -0.390 e. The Morgan fingerprint density at radius 1 is 0.884 bits per heavy atom.